The van der Waals surface area contributed by atoms with Crippen molar-refractivity contribution in [2.45, 2.75) is 19.5 Å². The monoisotopic (exact) mass is 296 g/mol. The highest BCUT2D eigenvalue weighted by atomic mass is 35.5. The molecule has 0 aliphatic heterocycles. The Hall–Kier alpha value is -1.90. The number of hydrogen-bond donors (Lipinski definition) is 1. The molecule has 3 rings (SSSR count). The van der Waals surface area contributed by atoms with Gasteiger partial charge in [0.05, 0.1) is 0 Å². The molecule has 2 nitrogen and oxygen atoms in total. The van der Waals surface area contributed by atoms with Crippen molar-refractivity contribution in [3.05, 3.63) is 77.1 Å². The van der Waals surface area contributed by atoms with Crippen molar-refractivity contribution in [3.63, 3.8) is 0 Å². The second-order valence-electron chi connectivity index (χ2n) is 5.18. The van der Waals surface area contributed by atoms with Crippen molar-refractivity contribution in [1.29, 1.82) is 0 Å². The van der Waals surface area contributed by atoms with Crippen LogP contribution in [0, 0.1) is 0 Å². The number of halogens is 1. The third-order valence-corrected chi connectivity index (χ3v) is 4.03. The average Bonchev–Trinajstić information content (AvgIpc) is 2.53. The Bertz CT molecular complexity index is 755. The van der Waals surface area contributed by atoms with Crippen LogP contribution < -0.4 is 5.32 Å². The maximum Gasteiger partial charge on any atom is 0.0453 e. The molecule has 1 heterocycles. The average molecular weight is 297 g/mol. The van der Waals surface area contributed by atoms with E-state index >= 15 is 0 Å². The molecule has 106 valence electrons. The summed E-state index contributed by atoms with van der Waals surface area (Å²) < 4.78 is 0. The third-order valence-electron chi connectivity index (χ3n) is 3.69. The van der Waals surface area contributed by atoms with Crippen molar-refractivity contribution in [3.8, 4) is 0 Å². The summed E-state index contributed by atoms with van der Waals surface area (Å²) in [4.78, 5) is 4.14. The lowest BCUT2D eigenvalue weighted by Crippen LogP contribution is -2.18. The number of rotatable bonds is 4. The van der Waals surface area contributed by atoms with Gasteiger partial charge in [0.2, 0.25) is 0 Å². The fraction of sp³-hybridized carbons (Fsp3) is 0.167. The lowest BCUT2D eigenvalue weighted by molar-refractivity contribution is 0.575. The first kappa shape index (κ1) is 14.1. The van der Waals surface area contributed by atoms with Gasteiger partial charge < -0.3 is 5.32 Å². The summed E-state index contributed by atoms with van der Waals surface area (Å²) >= 11 is 6.23. The second kappa shape index (κ2) is 6.25. The zero-order valence-electron chi connectivity index (χ0n) is 11.9. The molecule has 0 saturated carbocycles. The van der Waals surface area contributed by atoms with Gasteiger partial charge in [-0.2, -0.15) is 0 Å². The predicted octanol–water partition coefficient (Wildman–Crippen LogP) is 4.74. The van der Waals surface area contributed by atoms with Crippen LogP contribution in [0.5, 0.6) is 0 Å². The Morgan fingerprint density at radius 3 is 2.81 bits per heavy atom. The van der Waals surface area contributed by atoms with Gasteiger partial charge in [0, 0.05) is 35.4 Å². The lowest BCUT2D eigenvalue weighted by atomic mass is 10.1. The standard InChI is InChI=1S/C18H17ClN2/c1-13(17-4-2-3-5-18(17)19)21-11-14-6-7-16-12-20-9-8-15(16)10-14/h2-10,12-13,21H,11H2,1H3/t13-/m1/s1. The van der Waals surface area contributed by atoms with Crippen molar-refractivity contribution in [1.82, 2.24) is 10.3 Å². The van der Waals surface area contributed by atoms with Crippen LogP contribution in [0.3, 0.4) is 0 Å². The SMILES string of the molecule is C[C@@H](NCc1ccc2cnccc2c1)c1ccccc1Cl. The molecular formula is C18H17ClN2. The minimum absolute atomic E-state index is 0.215. The van der Waals surface area contributed by atoms with Crippen LogP contribution in [0.25, 0.3) is 10.8 Å². The van der Waals surface area contributed by atoms with Gasteiger partial charge in [0.1, 0.15) is 0 Å². The highest BCUT2D eigenvalue weighted by Crippen LogP contribution is 2.22. The number of pyridine rings is 1. The molecule has 0 aliphatic carbocycles. The van der Waals surface area contributed by atoms with Gasteiger partial charge >= 0.3 is 0 Å². The van der Waals surface area contributed by atoms with Gasteiger partial charge in [0.15, 0.2) is 0 Å². The van der Waals surface area contributed by atoms with E-state index < -0.39 is 0 Å². The molecule has 3 aromatic rings. The Balaban J connectivity index is 1.73. The summed E-state index contributed by atoms with van der Waals surface area (Å²) in [6, 6.07) is 16.7. The van der Waals surface area contributed by atoms with Crippen LogP contribution in [0.15, 0.2) is 60.9 Å². The van der Waals surface area contributed by atoms with E-state index in [2.05, 4.69) is 41.5 Å². The van der Waals surface area contributed by atoms with Gasteiger partial charge in [-0.05, 0) is 41.6 Å². The van der Waals surface area contributed by atoms with Crippen LogP contribution >= 0.6 is 11.6 Å². The molecule has 21 heavy (non-hydrogen) atoms. The summed E-state index contributed by atoms with van der Waals surface area (Å²) in [5.74, 6) is 0. The van der Waals surface area contributed by atoms with E-state index in [-0.39, 0.29) is 6.04 Å². The molecule has 2 aromatic carbocycles. The van der Waals surface area contributed by atoms with Crippen LogP contribution in [-0.2, 0) is 6.54 Å². The van der Waals surface area contributed by atoms with E-state index in [1.165, 1.54) is 16.3 Å². The van der Waals surface area contributed by atoms with Crippen LogP contribution in [0.1, 0.15) is 24.1 Å². The molecule has 3 heteroatoms. The highest BCUT2D eigenvalue weighted by Gasteiger charge is 2.08. The molecule has 0 spiro atoms. The number of hydrogen-bond acceptors (Lipinski definition) is 2. The maximum absolute atomic E-state index is 6.23. The fourth-order valence-corrected chi connectivity index (χ4v) is 2.75. The van der Waals surface area contributed by atoms with E-state index in [1.807, 2.05) is 36.7 Å². The maximum atomic E-state index is 6.23. The molecule has 0 fully saturated rings. The summed E-state index contributed by atoms with van der Waals surface area (Å²) in [5.41, 5.74) is 2.39. The summed E-state index contributed by atoms with van der Waals surface area (Å²) in [6.45, 7) is 2.94. The normalized spacial score (nSPS) is 12.5. The number of nitrogens with zero attached hydrogens (tertiary/aromatic N) is 1. The summed E-state index contributed by atoms with van der Waals surface area (Å²) in [6.07, 6.45) is 3.71. The Morgan fingerprint density at radius 1 is 1.10 bits per heavy atom. The quantitative estimate of drug-likeness (QED) is 0.752. The van der Waals surface area contributed by atoms with Gasteiger partial charge in [-0.3, -0.25) is 4.98 Å². The minimum atomic E-state index is 0.215. The summed E-state index contributed by atoms with van der Waals surface area (Å²) in [5, 5.41) is 6.71. The lowest BCUT2D eigenvalue weighted by Gasteiger charge is -2.16. The molecule has 0 radical (unpaired) electrons. The van der Waals surface area contributed by atoms with Gasteiger partial charge in [0.25, 0.3) is 0 Å². The van der Waals surface area contributed by atoms with Crippen LogP contribution in [0.4, 0.5) is 0 Å². The molecule has 1 aromatic heterocycles. The third kappa shape index (κ3) is 3.23. The highest BCUT2D eigenvalue weighted by molar-refractivity contribution is 6.31. The number of nitrogens with one attached hydrogen (secondary N) is 1. The molecule has 0 saturated heterocycles. The van der Waals surface area contributed by atoms with Crippen molar-refractivity contribution in [2.24, 2.45) is 0 Å². The van der Waals surface area contributed by atoms with Gasteiger partial charge in [-0.15, -0.1) is 0 Å². The largest absolute Gasteiger partial charge is 0.306 e. The molecule has 0 aliphatic rings. The molecular weight excluding hydrogens is 280 g/mol. The zero-order valence-corrected chi connectivity index (χ0v) is 12.6. The predicted molar refractivity (Wildman–Crippen MR) is 88.4 cm³/mol. The Kier molecular flexibility index (Phi) is 4.18. The topological polar surface area (TPSA) is 24.9 Å². The smallest absolute Gasteiger partial charge is 0.0453 e. The van der Waals surface area contributed by atoms with Crippen LogP contribution in [0.2, 0.25) is 5.02 Å². The Labute approximate surface area is 129 Å². The number of fused-ring (bicyclic) bond motifs is 1. The van der Waals surface area contributed by atoms with E-state index in [1.54, 1.807) is 0 Å². The minimum Gasteiger partial charge on any atom is -0.306 e. The first-order chi connectivity index (χ1) is 10.2. The van der Waals surface area contributed by atoms with Crippen molar-refractivity contribution >= 4 is 22.4 Å². The van der Waals surface area contributed by atoms with E-state index in [0.29, 0.717) is 0 Å². The van der Waals surface area contributed by atoms with Crippen molar-refractivity contribution < 1.29 is 0 Å². The van der Waals surface area contributed by atoms with E-state index in [0.717, 1.165) is 17.1 Å². The van der Waals surface area contributed by atoms with Crippen molar-refractivity contribution in [2.75, 3.05) is 0 Å². The second-order valence-corrected chi connectivity index (χ2v) is 5.59. The zero-order chi connectivity index (χ0) is 14.7. The van der Waals surface area contributed by atoms with Crippen LogP contribution in [-0.4, -0.2) is 4.98 Å². The molecule has 1 N–H and O–H groups in total. The van der Waals surface area contributed by atoms with Gasteiger partial charge in [-0.25, -0.2) is 0 Å². The number of benzene rings is 2. The first-order valence-corrected chi connectivity index (χ1v) is 7.42. The molecule has 0 unspecified atom stereocenters. The molecule has 0 amide bonds. The first-order valence-electron chi connectivity index (χ1n) is 7.04. The summed E-state index contributed by atoms with van der Waals surface area (Å²) in [7, 11) is 0. The Morgan fingerprint density at radius 2 is 1.95 bits per heavy atom. The van der Waals surface area contributed by atoms with E-state index in [9.17, 15) is 0 Å². The molecule has 1 atom stereocenters. The number of aromatic nitrogens is 1. The molecule has 0 bridgehead atoms. The van der Waals surface area contributed by atoms with Gasteiger partial charge in [-0.1, -0.05) is 41.9 Å². The fourth-order valence-electron chi connectivity index (χ4n) is 2.45. The van der Waals surface area contributed by atoms with E-state index in [4.69, 9.17) is 11.6 Å².